The van der Waals surface area contributed by atoms with E-state index in [1.54, 1.807) is 20.8 Å². The summed E-state index contributed by atoms with van der Waals surface area (Å²) in [6, 6.07) is -3.10. The molecule has 0 radical (unpaired) electrons. The highest BCUT2D eigenvalue weighted by molar-refractivity contribution is 6.38. The second-order valence-electron chi connectivity index (χ2n) is 11.1. The molecule has 196 valence electrons. The van der Waals surface area contributed by atoms with Crippen molar-refractivity contribution in [3.63, 3.8) is 0 Å². The predicted molar refractivity (Wildman–Crippen MR) is 125 cm³/mol. The number of likely N-dealkylation sites (tertiary alicyclic amines) is 1. The van der Waals surface area contributed by atoms with Gasteiger partial charge in [-0.15, -0.1) is 0 Å². The minimum absolute atomic E-state index is 0.00387. The van der Waals surface area contributed by atoms with Crippen LogP contribution in [0, 0.1) is 17.3 Å². The molecule has 0 aromatic carbocycles. The van der Waals surface area contributed by atoms with Crippen LogP contribution < -0.4 is 16.0 Å². The molecule has 0 aromatic rings. The molecule has 3 rings (SSSR count). The standard InChI is InChI=1S/C24H38N4O7/c1-5-6-15(18(30)21(32)25-12-7-8-12)26-20(31)17-13-9-10-16(29)14(13)11-28(17)22(33)19(24(2,3)4)27-23(34)35/h12-17,19,27,29H,5-11H2,1-4H3,(H,25,32)(H,26,31)(H,34,35)/t13-,14-,15?,16?,17-,19+/m0/s1. The monoisotopic (exact) mass is 494 g/mol. The van der Waals surface area contributed by atoms with Gasteiger partial charge in [-0.05, 0) is 43.4 Å². The molecule has 2 saturated carbocycles. The summed E-state index contributed by atoms with van der Waals surface area (Å²) in [4.78, 5) is 65.0. The fourth-order valence-electron chi connectivity index (χ4n) is 5.26. The number of nitrogens with one attached hydrogen (secondary N) is 3. The summed E-state index contributed by atoms with van der Waals surface area (Å²) in [5.41, 5.74) is -0.769. The number of rotatable bonds is 9. The highest BCUT2D eigenvalue weighted by Crippen LogP contribution is 2.43. The summed E-state index contributed by atoms with van der Waals surface area (Å²) in [5, 5.41) is 27.4. The second kappa shape index (κ2) is 10.5. The van der Waals surface area contributed by atoms with Crippen molar-refractivity contribution in [3.8, 4) is 0 Å². The van der Waals surface area contributed by atoms with E-state index < -0.39 is 59.2 Å². The SMILES string of the molecule is CCCC(NC(=O)[C@@H]1[C@H]2CCC(O)[C@H]2CN1C(=O)[C@@H](NC(=O)O)C(C)(C)C)C(=O)C(=O)NC1CC1. The van der Waals surface area contributed by atoms with Crippen molar-refractivity contribution >= 4 is 29.6 Å². The van der Waals surface area contributed by atoms with E-state index in [4.69, 9.17) is 0 Å². The van der Waals surface area contributed by atoms with Gasteiger partial charge >= 0.3 is 6.09 Å². The van der Waals surface area contributed by atoms with Crippen LogP contribution in [0.2, 0.25) is 0 Å². The summed E-state index contributed by atoms with van der Waals surface area (Å²) in [5.74, 6) is -3.19. The normalized spacial score (nSPS) is 27.5. The summed E-state index contributed by atoms with van der Waals surface area (Å²) >= 11 is 0. The maximum atomic E-state index is 13.6. The van der Waals surface area contributed by atoms with E-state index in [1.807, 2.05) is 6.92 Å². The molecule has 4 amide bonds. The van der Waals surface area contributed by atoms with Crippen molar-refractivity contribution in [1.82, 2.24) is 20.9 Å². The third kappa shape index (κ3) is 6.12. The Morgan fingerprint density at radius 3 is 2.20 bits per heavy atom. The van der Waals surface area contributed by atoms with E-state index >= 15 is 0 Å². The lowest BCUT2D eigenvalue weighted by molar-refractivity contribution is -0.144. The Kier molecular flexibility index (Phi) is 8.08. The highest BCUT2D eigenvalue weighted by Gasteiger charge is 2.54. The molecular weight excluding hydrogens is 456 g/mol. The summed E-state index contributed by atoms with van der Waals surface area (Å²) < 4.78 is 0. The molecule has 2 aliphatic carbocycles. The Hall–Kier alpha value is -2.69. The van der Waals surface area contributed by atoms with Gasteiger partial charge in [0.2, 0.25) is 17.6 Å². The van der Waals surface area contributed by atoms with Gasteiger partial charge in [0.25, 0.3) is 5.91 Å². The van der Waals surface area contributed by atoms with Crippen molar-refractivity contribution < 1.29 is 34.2 Å². The largest absolute Gasteiger partial charge is 0.465 e. The lowest BCUT2D eigenvalue weighted by atomic mass is 9.85. The number of amides is 4. The molecule has 5 N–H and O–H groups in total. The zero-order valence-electron chi connectivity index (χ0n) is 20.9. The molecular formula is C24H38N4O7. The number of aliphatic hydroxyl groups is 1. The molecule has 3 aliphatic rings. The van der Waals surface area contributed by atoms with Crippen LogP contribution in [0.4, 0.5) is 4.79 Å². The topological polar surface area (TPSA) is 165 Å². The Morgan fingerprint density at radius 1 is 1.00 bits per heavy atom. The molecule has 6 atom stereocenters. The number of carboxylic acid groups (broad SMARTS) is 1. The molecule has 0 aromatic heterocycles. The average Bonchev–Trinajstić information content (AvgIpc) is 3.38. The Balaban J connectivity index is 1.83. The quantitative estimate of drug-likeness (QED) is 0.289. The van der Waals surface area contributed by atoms with E-state index in [-0.39, 0.29) is 30.8 Å². The number of Topliss-reactive ketones (excluding diaryl/α,β-unsaturated/α-hetero) is 1. The van der Waals surface area contributed by atoms with Crippen molar-refractivity contribution in [1.29, 1.82) is 0 Å². The van der Waals surface area contributed by atoms with Crippen LogP contribution in [0.5, 0.6) is 0 Å². The first-order chi connectivity index (χ1) is 16.3. The van der Waals surface area contributed by atoms with Gasteiger partial charge in [-0.2, -0.15) is 0 Å². The molecule has 0 spiro atoms. The minimum atomic E-state index is -1.35. The molecule has 11 nitrogen and oxygen atoms in total. The molecule has 11 heteroatoms. The van der Waals surface area contributed by atoms with E-state index in [9.17, 15) is 34.2 Å². The molecule has 35 heavy (non-hydrogen) atoms. The number of carbonyl (C=O) groups is 5. The molecule has 3 fully saturated rings. The van der Waals surface area contributed by atoms with Crippen LogP contribution in [-0.2, 0) is 19.2 Å². The summed E-state index contributed by atoms with van der Waals surface area (Å²) in [6.07, 6.45) is 1.47. The van der Waals surface area contributed by atoms with Gasteiger partial charge in [0.1, 0.15) is 12.1 Å². The van der Waals surface area contributed by atoms with Gasteiger partial charge in [0.05, 0.1) is 12.1 Å². The van der Waals surface area contributed by atoms with E-state index in [1.165, 1.54) is 4.90 Å². The van der Waals surface area contributed by atoms with Gasteiger partial charge in [-0.25, -0.2) is 4.79 Å². The van der Waals surface area contributed by atoms with Crippen LogP contribution in [0.1, 0.15) is 66.2 Å². The first kappa shape index (κ1) is 26.9. The van der Waals surface area contributed by atoms with E-state index in [0.29, 0.717) is 19.3 Å². The number of hydrogen-bond donors (Lipinski definition) is 5. The lowest BCUT2D eigenvalue weighted by Gasteiger charge is -2.36. The Morgan fingerprint density at radius 2 is 1.66 bits per heavy atom. The molecule has 1 aliphatic heterocycles. The van der Waals surface area contributed by atoms with Crippen molar-refractivity contribution in [2.75, 3.05) is 6.54 Å². The number of ketones is 1. The van der Waals surface area contributed by atoms with Crippen molar-refractivity contribution in [2.45, 2.75) is 96.5 Å². The average molecular weight is 495 g/mol. The summed E-state index contributed by atoms with van der Waals surface area (Å²) in [6.45, 7) is 7.12. The van der Waals surface area contributed by atoms with Crippen LogP contribution in [0.25, 0.3) is 0 Å². The smallest absolute Gasteiger partial charge is 0.405 e. The molecule has 1 heterocycles. The third-order valence-corrected chi connectivity index (χ3v) is 7.27. The first-order valence-corrected chi connectivity index (χ1v) is 12.5. The zero-order chi connectivity index (χ0) is 26.1. The highest BCUT2D eigenvalue weighted by atomic mass is 16.4. The van der Waals surface area contributed by atoms with E-state index in [2.05, 4.69) is 16.0 Å². The number of hydrogen-bond acceptors (Lipinski definition) is 6. The fraction of sp³-hybridized carbons (Fsp3) is 0.792. The van der Waals surface area contributed by atoms with Gasteiger partial charge in [-0.1, -0.05) is 34.1 Å². The number of aliphatic hydroxyl groups excluding tert-OH is 1. The van der Waals surface area contributed by atoms with Gasteiger partial charge < -0.3 is 31.1 Å². The second-order valence-corrected chi connectivity index (χ2v) is 11.1. The molecule has 2 unspecified atom stereocenters. The third-order valence-electron chi connectivity index (χ3n) is 7.27. The Bertz CT molecular complexity index is 866. The lowest BCUT2D eigenvalue weighted by Crippen LogP contribution is -2.59. The molecule has 0 bridgehead atoms. The number of nitrogens with zero attached hydrogens (tertiary/aromatic N) is 1. The first-order valence-electron chi connectivity index (χ1n) is 12.5. The fourth-order valence-corrected chi connectivity index (χ4v) is 5.26. The maximum absolute atomic E-state index is 13.6. The van der Waals surface area contributed by atoms with Gasteiger partial charge in [-0.3, -0.25) is 19.2 Å². The predicted octanol–water partition coefficient (Wildman–Crippen LogP) is 0.399. The minimum Gasteiger partial charge on any atom is -0.465 e. The van der Waals surface area contributed by atoms with Gasteiger partial charge in [0, 0.05) is 18.5 Å². The van der Waals surface area contributed by atoms with Gasteiger partial charge in [0.15, 0.2) is 0 Å². The zero-order valence-corrected chi connectivity index (χ0v) is 20.9. The summed E-state index contributed by atoms with van der Waals surface area (Å²) in [7, 11) is 0. The Labute approximate surface area is 205 Å². The molecule has 1 saturated heterocycles. The van der Waals surface area contributed by atoms with Crippen LogP contribution in [0.15, 0.2) is 0 Å². The van der Waals surface area contributed by atoms with Crippen LogP contribution in [0.3, 0.4) is 0 Å². The maximum Gasteiger partial charge on any atom is 0.405 e. The van der Waals surface area contributed by atoms with E-state index in [0.717, 1.165) is 12.8 Å². The number of carbonyl (C=O) groups excluding carboxylic acids is 4. The van der Waals surface area contributed by atoms with Crippen LogP contribution >= 0.6 is 0 Å². The number of fused-ring (bicyclic) bond motifs is 1. The van der Waals surface area contributed by atoms with Crippen LogP contribution in [-0.4, -0.2) is 81.5 Å². The van der Waals surface area contributed by atoms with Crippen molar-refractivity contribution in [2.24, 2.45) is 17.3 Å². The van der Waals surface area contributed by atoms with Crippen molar-refractivity contribution in [3.05, 3.63) is 0 Å².